The van der Waals surface area contributed by atoms with Gasteiger partial charge in [-0.05, 0) is 25.0 Å². The van der Waals surface area contributed by atoms with Crippen LogP contribution in [0.5, 0.6) is 5.75 Å². The van der Waals surface area contributed by atoms with Gasteiger partial charge in [0.2, 0.25) is 0 Å². The molecule has 1 aromatic rings. The summed E-state index contributed by atoms with van der Waals surface area (Å²) in [5.74, 6) is 0.720. The summed E-state index contributed by atoms with van der Waals surface area (Å²) in [5, 5.41) is 9.63. The Labute approximate surface area is 104 Å². The molecule has 0 aliphatic carbocycles. The Morgan fingerprint density at radius 1 is 1.12 bits per heavy atom. The van der Waals surface area contributed by atoms with Crippen molar-refractivity contribution in [1.29, 1.82) is 0 Å². The predicted octanol–water partition coefficient (Wildman–Crippen LogP) is 3.25. The van der Waals surface area contributed by atoms with Crippen LogP contribution in [0.15, 0.2) is 30.3 Å². The number of aliphatic hydroxyl groups is 1. The van der Waals surface area contributed by atoms with E-state index in [1.54, 1.807) is 0 Å². The molecule has 1 aromatic carbocycles. The Morgan fingerprint density at radius 3 is 2.53 bits per heavy atom. The Hall–Kier alpha value is -1.06. The van der Waals surface area contributed by atoms with Gasteiger partial charge in [0.25, 0.3) is 0 Å². The molecule has 96 valence electrons. The van der Waals surface area contributed by atoms with E-state index >= 15 is 0 Å². The summed E-state index contributed by atoms with van der Waals surface area (Å²) in [5.41, 5.74) is 2.65. The fourth-order valence-electron chi connectivity index (χ4n) is 1.62. The van der Waals surface area contributed by atoms with Crippen molar-refractivity contribution in [2.24, 2.45) is 0 Å². The minimum atomic E-state index is -0.586. The standard InChI is InChI=1S/C14H23NO2/c1-2-3-4-5-9-12-14(16)15-17-13-10-7-6-8-11-13/h6-8,10-11,14-16H,2-5,9,12H2,1H3. The van der Waals surface area contributed by atoms with E-state index in [1.807, 2.05) is 30.3 Å². The SMILES string of the molecule is CCCCCCCC(O)NOc1ccccc1. The molecule has 0 bridgehead atoms. The molecule has 2 N–H and O–H groups in total. The van der Waals surface area contributed by atoms with Crippen molar-refractivity contribution in [2.45, 2.75) is 51.7 Å². The monoisotopic (exact) mass is 237 g/mol. The normalized spacial score (nSPS) is 12.4. The highest BCUT2D eigenvalue weighted by Gasteiger charge is 2.03. The first-order chi connectivity index (χ1) is 8.33. The fourth-order valence-corrected chi connectivity index (χ4v) is 1.62. The average molecular weight is 237 g/mol. The molecule has 0 aromatic heterocycles. The third-order valence-corrected chi connectivity index (χ3v) is 2.64. The molecule has 17 heavy (non-hydrogen) atoms. The summed E-state index contributed by atoms with van der Waals surface area (Å²) in [6, 6.07) is 9.42. The zero-order chi connectivity index (χ0) is 12.3. The Bertz CT molecular complexity index is 277. The van der Waals surface area contributed by atoms with Gasteiger partial charge in [-0.3, -0.25) is 0 Å². The number of nitrogens with one attached hydrogen (secondary N) is 1. The average Bonchev–Trinajstić information content (AvgIpc) is 2.37. The van der Waals surface area contributed by atoms with Gasteiger partial charge in [-0.2, -0.15) is 0 Å². The summed E-state index contributed by atoms with van der Waals surface area (Å²) in [6.07, 6.45) is 6.14. The third kappa shape index (κ3) is 6.97. The molecule has 0 heterocycles. The van der Waals surface area contributed by atoms with E-state index in [0.717, 1.165) is 18.6 Å². The number of unbranched alkanes of at least 4 members (excludes halogenated alkanes) is 4. The van der Waals surface area contributed by atoms with Crippen LogP contribution in [0.2, 0.25) is 0 Å². The molecule has 3 nitrogen and oxygen atoms in total. The first kappa shape index (κ1) is 14.0. The first-order valence-electron chi connectivity index (χ1n) is 6.48. The highest BCUT2D eigenvalue weighted by Crippen LogP contribution is 2.09. The molecule has 1 atom stereocenters. The number of hydrogen-bond donors (Lipinski definition) is 2. The van der Waals surface area contributed by atoms with Crippen molar-refractivity contribution in [2.75, 3.05) is 0 Å². The maximum atomic E-state index is 9.63. The van der Waals surface area contributed by atoms with Crippen molar-refractivity contribution < 1.29 is 9.94 Å². The summed E-state index contributed by atoms with van der Waals surface area (Å²) >= 11 is 0. The zero-order valence-corrected chi connectivity index (χ0v) is 10.6. The molecular formula is C14H23NO2. The minimum absolute atomic E-state index is 0.586. The van der Waals surface area contributed by atoms with Crippen molar-refractivity contribution in [1.82, 2.24) is 5.48 Å². The van der Waals surface area contributed by atoms with E-state index in [9.17, 15) is 5.11 Å². The number of benzene rings is 1. The molecule has 0 amide bonds. The van der Waals surface area contributed by atoms with E-state index in [2.05, 4.69) is 12.4 Å². The largest absolute Gasteiger partial charge is 0.406 e. The Morgan fingerprint density at radius 2 is 1.82 bits per heavy atom. The van der Waals surface area contributed by atoms with E-state index in [4.69, 9.17) is 4.84 Å². The molecule has 0 fully saturated rings. The van der Waals surface area contributed by atoms with Gasteiger partial charge >= 0.3 is 0 Å². The molecule has 0 saturated carbocycles. The van der Waals surface area contributed by atoms with Gasteiger partial charge in [-0.15, -0.1) is 5.48 Å². The van der Waals surface area contributed by atoms with Gasteiger partial charge in [0, 0.05) is 0 Å². The predicted molar refractivity (Wildman–Crippen MR) is 69.6 cm³/mol. The van der Waals surface area contributed by atoms with E-state index in [-0.39, 0.29) is 0 Å². The molecular weight excluding hydrogens is 214 g/mol. The topological polar surface area (TPSA) is 41.5 Å². The lowest BCUT2D eigenvalue weighted by Gasteiger charge is -2.13. The van der Waals surface area contributed by atoms with E-state index < -0.39 is 6.23 Å². The number of hydroxylamine groups is 1. The quantitative estimate of drug-likeness (QED) is 0.393. The molecule has 3 heteroatoms. The van der Waals surface area contributed by atoms with Gasteiger partial charge in [0.05, 0.1) is 0 Å². The second kappa shape index (κ2) is 9.02. The van der Waals surface area contributed by atoms with Crippen LogP contribution in [-0.2, 0) is 0 Å². The van der Waals surface area contributed by atoms with Gasteiger partial charge < -0.3 is 9.94 Å². The Kier molecular flexibility index (Phi) is 7.43. The van der Waals surface area contributed by atoms with Gasteiger partial charge in [0.15, 0.2) is 0 Å². The smallest absolute Gasteiger partial charge is 0.147 e. The second-order valence-corrected chi connectivity index (χ2v) is 4.25. The maximum absolute atomic E-state index is 9.63. The summed E-state index contributed by atoms with van der Waals surface area (Å²) in [6.45, 7) is 2.20. The minimum Gasteiger partial charge on any atom is -0.406 e. The van der Waals surface area contributed by atoms with Crippen LogP contribution in [0.4, 0.5) is 0 Å². The molecule has 0 radical (unpaired) electrons. The molecule has 1 rings (SSSR count). The number of para-hydroxylation sites is 1. The lowest BCUT2D eigenvalue weighted by molar-refractivity contribution is 0.0136. The van der Waals surface area contributed by atoms with Gasteiger partial charge in [0.1, 0.15) is 12.0 Å². The fraction of sp³-hybridized carbons (Fsp3) is 0.571. The summed E-state index contributed by atoms with van der Waals surface area (Å²) in [4.78, 5) is 5.25. The Balaban J connectivity index is 2.03. The lowest BCUT2D eigenvalue weighted by atomic mass is 10.1. The van der Waals surface area contributed by atoms with Crippen molar-refractivity contribution in [3.05, 3.63) is 30.3 Å². The van der Waals surface area contributed by atoms with Crippen LogP contribution in [0.25, 0.3) is 0 Å². The lowest BCUT2D eigenvalue weighted by Crippen LogP contribution is -2.31. The summed E-state index contributed by atoms with van der Waals surface area (Å²) < 4.78 is 0. The molecule has 0 spiro atoms. The van der Waals surface area contributed by atoms with Gasteiger partial charge in [-0.1, -0.05) is 50.8 Å². The van der Waals surface area contributed by atoms with Crippen LogP contribution in [0.3, 0.4) is 0 Å². The molecule has 0 saturated heterocycles. The van der Waals surface area contributed by atoms with E-state index in [0.29, 0.717) is 0 Å². The molecule has 1 unspecified atom stereocenters. The summed E-state index contributed by atoms with van der Waals surface area (Å²) in [7, 11) is 0. The van der Waals surface area contributed by atoms with Crippen LogP contribution in [0.1, 0.15) is 45.4 Å². The van der Waals surface area contributed by atoms with Crippen molar-refractivity contribution in [3.63, 3.8) is 0 Å². The third-order valence-electron chi connectivity index (χ3n) is 2.64. The molecule has 0 aliphatic heterocycles. The zero-order valence-electron chi connectivity index (χ0n) is 10.6. The highest BCUT2D eigenvalue weighted by atomic mass is 16.7. The first-order valence-corrected chi connectivity index (χ1v) is 6.48. The van der Waals surface area contributed by atoms with Gasteiger partial charge in [-0.25, -0.2) is 0 Å². The second-order valence-electron chi connectivity index (χ2n) is 4.25. The van der Waals surface area contributed by atoms with Crippen molar-refractivity contribution in [3.8, 4) is 5.75 Å². The van der Waals surface area contributed by atoms with Crippen LogP contribution in [-0.4, -0.2) is 11.3 Å². The van der Waals surface area contributed by atoms with Crippen LogP contribution >= 0.6 is 0 Å². The van der Waals surface area contributed by atoms with Crippen molar-refractivity contribution >= 4 is 0 Å². The van der Waals surface area contributed by atoms with Crippen LogP contribution in [0, 0.1) is 0 Å². The number of hydrogen-bond acceptors (Lipinski definition) is 3. The van der Waals surface area contributed by atoms with Crippen LogP contribution < -0.4 is 10.3 Å². The number of rotatable bonds is 9. The van der Waals surface area contributed by atoms with E-state index in [1.165, 1.54) is 25.7 Å². The number of aliphatic hydroxyl groups excluding tert-OH is 1. The highest BCUT2D eigenvalue weighted by molar-refractivity contribution is 5.20. The maximum Gasteiger partial charge on any atom is 0.147 e. The molecule has 0 aliphatic rings.